The van der Waals surface area contributed by atoms with Crippen molar-refractivity contribution in [2.75, 3.05) is 7.11 Å². The van der Waals surface area contributed by atoms with Crippen molar-refractivity contribution in [3.8, 4) is 5.75 Å². The minimum absolute atomic E-state index is 0.737. The number of hydrogen-bond acceptors (Lipinski definition) is 6. The highest BCUT2D eigenvalue weighted by Gasteiger charge is 2.15. The number of pyridine rings is 1. The number of hydrogen-bond donors (Lipinski definition) is 0. The first-order valence-electron chi connectivity index (χ1n) is 7.95. The molecule has 4 rings (SSSR count). The van der Waals surface area contributed by atoms with Gasteiger partial charge in [-0.3, -0.25) is 4.40 Å². The summed E-state index contributed by atoms with van der Waals surface area (Å²) < 4.78 is 12.7. The third-order valence-corrected chi connectivity index (χ3v) is 5.36. The molecule has 7 heteroatoms. The Morgan fingerprint density at radius 3 is 2.72 bits per heavy atom. The minimum Gasteiger partial charge on any atom is -0.497 e. The Balaban J connectivity index is 1.83. The van der Waals surface area contributed by atoms with E-state index < -0.39 is 0 Å². The van der Waals surface area contributed by atoms with Crippen molar-refractivity contribution in [2.24, 2.45) is 0 Å². The highest BCUT2D eigenvalue weighted by atomic mass is 32.2. The maximum Gasteiger partial charge on any atom is 0.196 e. The average molecular weight is 354 g/mol. The summed E-state index contributed by atoms with van der Waals surface area (Å²) in [4.78, 5) is 0. The van der Waals surface area contributed by atoms with Crippen LogP contribution in [0.15, 0.2) is 33.9 Å². The standard InChI is InChI=1S/C18H18N4O2S/c1-10-7-17-19-20-18(25-9-15-11(2)21-24-12(15)3)22(17)16-8-13(23-4)5-6-14(10)16/h5-8H,9H2,1-4H3. The van der Waals surface area contributed by atoms with Gasteiger partial charge in [0.1, 0.15) is 11.5 Å². The Morgan fingerprint density at radius 1 is 1.16 bits per heavy atom. The summed E-state index contributed by atoms with van der Waals surface area (Å²) in [5.74, 6) is 2.40. The van der Waals surface area contributed by atoms with Crippen molar-refractivity contribution in [1.82, 2.24) is 19.8 Å². The summed E-state index contributed by atoms with van der Waals surface area (Å²) in [6.45, 7) is 5.97. The van der Waals surface area contributed by atoms with E-state index in [-0.39, 0.29) is 0 Å². The molecule has 0 atom stereocenters. The SMILES string of the molecule is COc1ccc2c(C)cc3nnc(SCc4c(C)noc4C)n3c2c1. The Morgan fingerprint density at radius 2 is 2.00 bits per heavy atom. The van der Waals surface area contributed by atoms with Crippen LogP contribution in [0.2, 0.25) is 0 Å². The Bertz CT molecular complexity index is 1060. The summed E-state index contributed by atoms with van der Waals surface area (Å²) in [5, 5.41) is 14.7. The van der Waals surface area contributed by atoms with Crippen molar-refractivity contribution in [1.29, 1.82) is 0 Å². The average Bonchev–Trinajstić information content (AvgIpc) is 3.16. The van der Waals surface area contributed by atoms with Gasteiger partial charge in [0.25, 0.3) is 0 Å². The fraction of sp³-hybridized carbons (Fsp3) is 0.278. The molecule has 0 fully saturated rings. The third-order valence-electron chi connectivity index (χ3n) is 4.40. The molecule has 25 heavy (non-hydrogen) atoms. The fourth-order valence-electron chi connectivity index (χ4n) is 2.97. The lowest BCUT2D eigenvalue weighted by Gasteiger charge is -2.09. The number of benzene rings is 1. The molecule has 0 amide bonds. The monoisotopic (exact) mass is 354 g/mol. The molecule has 3 heterocycles. The molecule has 0 aliphatic carbocycles. The van der Waals surface area contributed by atoms with Crippen LogP contribution >= 0.6 is 11.8 Å². The largest absolute Gasteiger partial charge is 0.497 e. The van der Waals surface area contributed by atoms with E-state index in [0.29, 0.717) is 0 Å². The van der Waals surface area contributed by atoms with Crippen molar-refractivity contribution in [2.45, 2.75) is 31.7 Å². The molecule has 0 saturated carbocycles. The number of methoxy groups -OCH3 is 1. The molecule has 1 aromatic carbocycles. The molecule has 0 unspecified atom stereocenters. The number of ether oxygens (including phenoxy) is 1. The molecular weight excluding hydrogens is 336 g/mol. The highest BCUT2D eigenvalue weighted by Crippen LogP contribution is 2.30. The van der Waals surface area contributed by atoms with E-state index in [1.807, 2.05) is 26.0 Å². The molecule has 0 radical (unpaired) electrons. The molecule has 128 valence electrons. The van der Waals surface area contributed by atoms with Crippen molar-refractivity contribution in [3.63, 3.8) is 0 Å². The van der Waals surface area contributed by atoms with E-state index >= 15 is 0 Å². The predicted molar refractivity (Wildman–Crippen MR) is 97.3 cm³/mol. The van der Waals surface area contributed by atoms with Crippen LogP contribution < -0.4 is 4.74 Å². The van der Waals surface area contributed by atoms with Crippen LogP contribution in [-0.4, -0.2) is 26.9 Å². The van der Waals surface area contributed by atoms with E-state index in [4.69, 9.17) is 9.26 Å². The van der Waals surface area contributed by atoms with E-state index in [1.165, 1.54) is 5.56 Å². The van der Waals surface area contributed by atoms with Crippen LogP contribution in [0, 0.1) is 20.8 Å². The Kier molecular flexibility index (Phi) is 3.88. The fourth-order valence-corrected chi connectivity index (χ4v) is 4.07. The van der Waals surface area contributed by atoms with Crippen molar-refractivity contribution < 1.29 is 9.26 Å². The topological polar surface area (TPSA) is 65.5 Å². The van der Waals surface area contributed by atoms with E-state index in [0.717, 1.165) is 50.2 Å². The van der Waals surface area contributed by atoms with Crippen LogP contribution in [0.1, 0.15) is 22.6 Å². The minimum atomic E-state index is 0.737. The summed E-state index contributed by atoms with van der Waals surface area (Å²) in [7, 11) is 1.67. The normalized spacial score (nSPS) is 11.5. The molecule has 6 nitrogen and oxygen atoms in total. The van der Waals surface area contributed by atoms with Crippen LogP contribution in [0.5, 0.6) is 5.75 Å². The zero-order valence-corrected chi connectivity index (χ0v) is 15.3. The number of thioether (sulfide) groups is 1. The molecule has 0 spiro atoms. The lowest BCUT2D eigenvalue weighted by Crippen LogP contribution is -1.95. The maximum absolute atomic E-state index is 5.40. The van der Waals surface area contributed by atoms with Gasteiger partial charge in [0.2, 0.25) is 0 Å². The number of nitrogens with zero attached hydrogens (tertiary/aromatic N) is 4. The Hall–Kier alpha value is -2.54. The van der Waals surface area contributed by atoms with Crippen LogP contribution in [-0.2, 0) is 5.75 Å². The molecule has 0 aliphatic rings. The lowest BCUT2D eigenvalue weighted by molar-refractivity contribution is 0.392. The van der Waals surface area contributed by atoms with Crippen molar-refractivity contribution >= 4 is 28.3 Å². The number of aryl methyl sites for hydroxylation is 3. The molecular formula is C18H18N4O2S. The second-order valence-corrected chi connectivity index (χ2v) is 6.92. The van der Waals surface area contributed by atoms with Gasteiger partial charge in [0.05, 0.1) is 18.3 Å². The molecule has 0 saturated heterocycles. The predicted octanol–water partition coefficient (Wildman–Crippen LogP) is 4.10. The molecule has 3 aromatic heterocycles. The first-order valence-corrected chi connectivity index (χ1v) is 8.94. The lowest BCUT2D eigenvalue weighted by atomic mass is 10.1. The second-order valence-electron chi connectivity index (χ2n) is 5.98. The van der Waals surface area contributed by atoms with Gasteiger partial charge in [-0.1, -0.05) is 16.9 Å². The smallest absolute Gasteiger partial charge is 0.196 e. The van der Waals surface area contributed by atoms with Crippen LogP contribution in [0.25, 0.3) is 16.6 Å². The Labute approximate surface area is 149 Å². The quantitative estimate of drug-likeness (QED) is 0.514. The molecule has 0 bridgehead atoms. The number of rotatable bonds is 4. The van der Waals surface area contributed by atoms with E-state index in [2.05, 4.69) is 38.8 Å². The van der Waals surface area contributed by atoms with Gasteiger partial charge in [0.15, 0.2) is 10.8 Å². The molecule has 0 aliphatic heterocycles. The summed E-state index contributed by atoms with van der Waals surface area (Å²) >= 11 is 1.63. The zero-order chi connectivity index (χ0) is 17.6. The molecule has 4 aromatic rings. The number of fused-ring (bicyclic) bond motifs is 3. The summed E-state index contributed by atoms with van der Waals surface area (Å²) in [6, 6.07) is 8.13. The third kappa shape index (κ3) is 2.64. The van der Waals surface area contributed by atoms with Gasteiger partial charge in [0, 0.05) is 22.8 Å². The highest BCUT2D eigenvalue weighted by molar-refractivity contribution is 7.98. The first kappa shape index (κ1) is 16.0. The van der Waals surface area contributed by atoms with Gasteiger partial charge >= 0.3 is 0 Å². The van der Waals surface area contributed by atoms with Gasteiger partial charge in [-0.25, -0.2) is 0 Å². The van der Waals surface area contributed by atoms with E-state index in [1.54, 1.807) is 18.9 Å². The van der Waals surface area contributed by atoms with Crippen LogP contribution in [0.3, 0.4) is 0 Å². The maximum atomic E-state index is 5.40. The van der Waals surface area contributed by atoms with Gasteiger partial charge < -0.3 is 9.26 Å². The number of aromatic nitrogens is 4. The summed E-state index contributed by atoms with van der Waals surface area (Å²) in [6.07, 6.45) is 0. The van der Waals surface area contributed by atoms with Gasteiger partial charge in [-0.2, -0.15) is 0 Å². The first-order chi connectivity index (χ1) is 12.1. The van der Waals surface area contributed by atoms with Gasteiger partial charge in [-0.15, -0.1) is 10.2 Å². The van der Waals surface area contributed by atoms with Crippen LogP contribution in [0.4, 0.5) is 0 Å². The summed E-state index contributed by atoms with van der Waals surface area (Å²) in [5.41, 5.74) is 5.07. The molecule has 0 N–H and O–H groups in total. The van der Waals surface area contributed by atoms with Gasteiger partial charge in [-0.05, 0) is 44.5 Å². The zero-order valence-electron chi connectivity index (χ0n) is 14.5. The van der Waals surface area contributed by atoms with E-state index in [9.17, 15) is 0 Å². The second kappa shape index (κ2) is 6.07. The van der Waals surface area contributed by atoms with Crippen molar-refractivity contribution in [3.05, 3.63) is 46.8 Å².